The van der Waals surface area contributed by atoms with Crippen LogP contribution in [0.2, 0.25) is 0 Å². The number of anilines is 1. The number of nitrogens with zero attached hydrogens (tertiary/aromatic N) is 2. The molecule has 0 saturated carbocycles. The number of nitrogens with one attached hydrogen (secondary N) is 1. The number of imide groups is 1. The Labute approximate surface area is 215 Å². The normalized spacial score (nSPS) is 14.6. The van der Waals surface area contributed by atoms with Crippen LogP contribution >= 0.6 is 11.8 Å². The number of aromatic nitrogens is 1. The number of amides is 3. The number of ether oxygens (including phenoxy) is 1. The first kappa shape index (κ1) is 25.3. The molecule has 4 rings (SSSR count). The third-order valence-corrected chi connectivity index (χ3v) is 6.75. The lowest BCUT2D eigenvalue weighted by Gasteiger charge is -2.13. The molecule has 36 heavy (non-hydrogen) atoms. The summed E-state index contributed by atoms with van der Waals surface area (Å²) in [6.45, 7) is 10.2. The number of thioether (sulfide) groups is 1. The molecule has 8 heteroatoms. The molecule has 1 aliphatic rings. The van der Waals surface area contributed by atoms with Crippen LogP contribution < -0.4 is 10.1 Å². The van der Waals surface area contributed by atoms with E-state index in [-0.39, 0.29) is 6.54 Å². The van der Waals surface area contributed by atoms with Crippen LogP contribution in [0.4, 0.5) is 10.5 Å². The number of aryl methyl sites for hydroxylation is 3. The maximum atomic E-state index is 13.0. The minimum atomic E-state index is -0.469. The molecule has 1 fully saturated rings. The summed E-state index contributed by atoms with van der Waals surface area (Å²) in [7, 11) is 0. The zero-order valence-corrected chi connectivity index (χ0v) is 21.9. The van der Waals surface area contributed by atoms with E-state index >= 15 is 0 Å². The van der Waals surface area contributed by atoms with Crippen molar-refractivity contribution in [3.05, 3.63) is 81.5 Å². The topological polar surface area (TPSA) is 80.6 Å². The van der Waals surface area contributed by atoms with Gasteiger partial charge in [0.2, 0.25) is 5.91 Å². The van der Waals surface area contributed by atoms with Crippen molar-refractivity contribution in [3.8, 4) is 11.4 Å². The van der Waals surface area contributed by atoms with Crippen LogP contribution in [0.15, 0.2) is 53.4 Å². The largest absolute Gasteiger partial charge is 0.494 e. The molecule has 1 N–H and O–H groups in total. The minimum absolute atomic E-state index is 0.301. The average Bonchev–Trinajstić information content (AvgIpc) is 3.23. The van der Waals surface area contributed by atoms with Gasteiger partial charge in [-0.2, -0.15) is 0 Å². The van der Waals surface area contributed by atoms with E-state index in [9.17, 15) is 14.4 Å². The van der Waals surface area contributed by atoms with Crippen LogP contribution in [0, 0.1) is 27.7 Å². The van der Waals surface area contributed by atoms with E-state index in [1.165, 1.54) is 11.1 Å². The Bertz CT molecular complexity index is 1350. The number of rotatable bonds is 7. The first-order valence-corrected chi connectivity index (χ1v) is 12.5. The number of hydrogen-bond donors (Lipinski definition) is 1. The molecule has 2 aromatic carbocycles. The molecule has 3 amide bonds. The summed E-state index contributed by atoms with van der Waals surface area (Å²) in [4.78, 5) is 39.4. The first-order valence-electron chi connectivity index (χ1n) is 11.7. The van der Waals surface area contributed by atoms with Crippen LogP contribution in [0.5, 0.6) is 5.75 Å². The molecule has 0 unspecified atom stereocenters. The van der Waals surface area contributed by atoms with Crippen LogP contribution in [-0.2, 0) is 9.59 Å². The monoisotopic (exact) mass is 503 g/mol. The van der Waals surface area contributed by atoms with Crippen molar-refractivity contribution in [3.63, 3.8) is 0 Å². The fourth-order valence-corrected chi connectivity index (χ4v) is 5.16. The molecule has 7 nitrogen and oxygen atoms in total. The van der Waals surface area contributed by atoms with Gasteiger partial charge in [-0.1, -0.05) is 6.07 Å². The predicted molar refractivity (Wildman–Crippen MR) is 144 cm³/mol. The van der Waals surface area contributed by atoms with Gasteiger partial charge in [0.25, 0.3) is 11.1 Å². The quantitative estimate of drug-likeness (QED) is 0.413. The Morgan fingerprint density at radius 3 is 2.31 bits per heavy atom. The second kappa shape index (κ2) is 10.5. The van der Waals surface area contributed by atoms with Crippen molar-refractivity contribution in [1.29, 1.82) is 0 Å². The van der Waals surface area contributed by atoms with E-state index in [0.29, 0.717) is 22.9 Å². The van der Waals surface area contributed by atoms with Crippen molar-refractivity contribution >= 4 is 40.6 Å². The molecule has 0 radical (unpaired) electrons. The standard InChI is InChI=1S/C28H29N3O4S/c1-6-35-24-9-7-22(8-10-24)29-26(32)16-30-27(33)25(36-28(30)34)15-21-14-19(4)31(20(21)5)23-12-17(2)11-18(3)13-23/h7-15H,6,16H2,1-5H3,(H,29,32)/b25-15+. The highest BCUT2D eigenvalue weighted by atomic mass is 32.2. The maximum absolute atomic E-state index is 13.0. The van der Waals surface area contributed by atoms with E-state index in [1.807, 2.05) is 26.8 Å². The summed E-state index contributed by atoms with van der Waals surface area (Å²) in [5.74, 6) is -0.220. The number of hydrogen-bond acceptors (Lipinski definition) is 5. The Morgan fingerprint density at radius 2 is 1.67 bits per heavy atom. The molecule has 0 atom stereocenters. The van der Waals surface area contributed by atoms with Gasteiger partial charge >= 0.3 is 0 Å². The molecule has 0 aliphatic carbocycles. The van der Waals surface area contributed by atoms with Crippen LogP contribution in [-0.4, -0.2) is 39.7 Å². The maximum Gasteiger partial charge on any atom is 0.294 e. The van der Waals surface area contributed by atoms with Crippen LogP contribution in [0.3, 0.4) is 0 Å². The van der Waals surface area contributed by atoms with Gasteiger partial charge in [-0.05, 0) is 112 Å². The Hall–Kier alpha value is -3.78. The Balaban J connectivity index is 1.50. The van der Waals surface area contributed by atoms with E-state index in [1.54, 1.807) is 30.3 Å². The minimum Gasteiger partial charge on any atom is -0.494 e. The summed E-state index contributed by atoms with van der Waals surface area (Å²) >= 11 is 0.850. The van der Waals surface area contributed by atoms with Gasteiger partial charge in [0.1, 0.15) is 12.3 Å². The predicted octanol–water partition coefficient (Wildman–Crippen LogP) is 5.78. The van der Waals surface area contributed by atoms with Gasteiger partial charge in [0.05, 0.1) is 11.5 Å². The Kier molecular flexibility index (Phi) is 7.35. The zero-order valence-electron chi connectivity index (χ0n) is 21.0. The summed E-state index contributed by atoms with van der Waals surface area (Å²) < 4.78 is 7.53. The number of carbonyl (C=O) groups is 3. The summed E-state index contributed by atoms with van der Waals surface area (Å²) in [5.41, 5.74) is 6.81. The Morgan fingerprint density at radius 1 is 1.00 bits per heavy atom. The molecule has 1 saturated heterocycles. The van der Waals surface area contributed by atoms with Crippen molar-refractivity contribution in [1.82, 2.24) is 9.47 Å². The molecular weight excluding hydrogens is 474 g/mol. The van der Waals surface area contributed by atoms with Crippen molar-refractivity contribution in [2.45, 2.75) is 34.6 Å². The lowest BCUT2D eigenvalue weighted by atomic mass is 10.1. The molecular formula is C28H29N3O4S. The van der Waals surface area contributed by atoms with Crippen molar-refractivity contribution in [2.24, 2.45) is 0 Å². The van der Waals surface area contributed by atoms with E-state index < -0.39 is 17.1 Å². The van der Waals surface area contributed by atoms with Crippen molar-refractivity contribution in [2.75, 3.05) is 18.5 Å². The van der Waals surface area contributed by atoms with Gasteiger partial charge in [0.15, 0.2) is 0 Å². The van der Waals surface area contributed by atoms with Gasteiger partial charge in [0, 0.05) is 22.8 Å². The average molecular weight is 504 g/mol. The molecule has 2 heterocycles. The lowest BCUT2D eigenvalue weighted by molar-refractivity contribution is -0.127. The highest BCUT2D eigenvalue weighted by molar-refractivity contribution is 8.18. The van der Waals surface area contributed by atoms with Crippen molar-refractivity contribution < 1.29 is 19.1 Å². The number of carbonyl (C=O) groups excluding carboxylic acids is 3. The number of benzene rings is 2. The fraction of sp³-hybridized carbons (Fsp3) is 0.250. The smallest absolute Gasteiger partial charge is 0.294 e. The lowest BCUT2D eigenvalue weighted by Crippen LogP contribution is -2.36. The van der Waals surface area contributed by atoms with Crippen LogP contribution in [0.1, 0.15) is 35.0 Å². The molecule has 0 spiro atoms. The van der Waals surface area contributed by atoms with Gasteiger partial charge < -0.3 is 14.6 Å². The summed E-state index contributed by atoms with van der Waals surface area (Å²) in [6, 6.07) is 15.3. The molecule has 0 bridgehead atoms. The third kappa shape index (κ3) is 5.39. The second-order valence-corrected chi connectivity index (χ2v) is 9.77. The highest BCUT2D eigenvalue weighted by Gasteiger charge is 2.36. The summed E-state index contributed by atoms with van der Waals surface area (Å²) in [6.07, 6.45) is 1.73. The third-order valence-electron chi connectivity index (χ3n) is 5.85. The molecule has 186 valence electrons. The fourth-order valence-electron chi connectivity index (χ4n) is 4.33. The van der Waals surface area contributed by atoms with Gasteiger partial charge in [-0.3, -0.25) is 19.3 Å². The van der Waals surface area contributed by atoms with E-state index in [4.69, 9.17) is 4.74 Å². The van der Waals surface area contributed by atoms with Gasteiger partial charge in [-0.25, -0.2) is 0 Å². The molecule has 3 aromatic rings. The molecule has 1 aromatic heterocycles. The SMILES string of the molecule is CCOc1ccc(NC(=O)CN2C(=O)S/C(=C/c3cc(C)n(-c4cc(C)cc(C)c4)c3C)C2=O)cc1. The van der Waals surface area contributed by atoms with Crippen LogP contribution in [0.25, 0.3) is 11.8 Å². The second-order valence-electron chi connectivity index (χ2n) is 8.78. The zero-order chi connectivity index (χ0) is 26.0. The van der Waals surface area contributed by atoms with E-state index in [0.717, 1.165) is 39.3 Å². The highest BCUT2D eigenvalue weighted by Crippen LogP contribution is 2.34. The first-order chi connectivity index (χ1) is 17.2. The summed E-state index contributed by atoms with van der Waals surface area (Å²) in [5, 5.41) is 2.26. The van der Waals surface area contributed by atoms with Gasteiger partial charge in [-0.15, -0.1) is 0 Å². The van der Waals surface area contributed by atoms with E-state index in [2.05, 4.69) is 41.9 Å². The molecule has 1 aliphatic heterocycles.